The van der Waals surface area contributed by atoms with Crippen LogP contribution < -0.4 is 5.73 Å². The third kappa shape index (κ3) is 3.57. The summed E-state index contributed by atoms with van der Waals surface area (Å²) in [5.74, 6) is 0. The molecule has 0 atom stereocenters. The summed E-state index contributed by atoms with van der Waals surface area (Å²) >= 11 is 0. The molecule has 1 aromatic heterocycles. The van der Waals surface area contributed by atoms with Gasteiger partial charge < -0.3 is 10.6 Å². The van der Waals surface area contributed by atoms with Crippen LogP contribution in [0.15, 0.2) is 48.7 Å². The summed E-state index contributed by atoms with van der Waals surface area (Å²) in [5, 5.41) is 0. The minimum absolute atomic E-state index is 0.768. The summed E-state index contributed by atoms with van der Waals surface area (Å²) in [6, 6.07) is 14.3. The second kappa shape index (κ2) is 6.17. The van der Waals surface area contributed by atoms with Gasteiger partial charge >= 0.3 is 0 Å². The number of nitrogens with zero attached hydrogens (tertiary/aromatic N) is 2. The number of nitrogen functional groups attached to an aromatic ring is 1. The summed E-state index contributed by atoms with van der Waals surface area (Å²) in [6.45, 7) is 1.79. The van der Waals surface area contributed by atoms with Gasteiger partial charge in [-0.2, -0.15) is 0 Å². The maximum Gasteiger partial charge on any atom is 0.0772 e. The van der Waals surface area contributed by atoms with E-state index in [-0.39, 0.29) is 0 Å². The number of rotatable bonds is 5. The zero-order chi connectivity index (χ0) is 12.8. The summed E-state index contributed by atoms with van der Waals surface area (Å²) in [4.78, 5) is 6.55. The van der Waals surface area contributed by atoms with Gasteiger partial charge in [0.25, 0.3) is 0 Å². The maximum atomic E-state index is 5.89. The molecular formula is C15H19N3. The number of hydrogen-bond donors (Lipinski definition) is 1. The van der Waals surface area contributed by atoms with E-state index in [1.165, 1.54) is 5.56 Å². The Hall–Kier alpha value is -1.87. The second-order valence-electron chi connectivity index (χ2n) is 4.51. The Labute approximate surface area is 108 Å². The van der Waals surface area contributed by atoms with Crippen LogP contribution in [-0.2, 0) is 13.0 Å². The third-order valence-electron chi connectivity index (χ3n) is 2.97. The van der Waals surface area contributed by atoms with Crippen molar-refractivity contribution < 1.29 is 0 Å². The average Bonchev–Trinajstić information content (AvgIpc) is 2.40. The molecule has 3 nitrogen and oxygen atoms in total. The van der Waals surface area contributed by atoms with Crippen molar-refractivity contribution in [3.63, 3.8) is 0 Å². The lowest BCUT2D eigenvalue weighted by molar-refractivity contribution is 0.328. The van der Waals surface area contributed by atoms with Crippen molar-refractivity contribution in [3.05, 3.63) is 59.9 Å². The number of anilines is 1. The highest BCUT2D eigenvalue weighted by atomic mass is 15.1. The van der Waals surface area contributed by atoms with Gasteiger partial charge in [0.1, 0.15) is 0 Å². The van der Waals surface area contributed by atoms with E-state index >= 15 is 0 Å². The first-order valence-corrected chi connectivity index (χ1v) is 6.17. The summed E-state index contributed by atoms with van der Waals surface area (Å²) in [6.07, 6.45) is 2.83. The fraction of sp³-hybridized carbons (Fsp3) is 0.267. The zero-order valence-electron chi connectivity index (χ0n) is 10.7. The van der Waals surface area contributed by atoms with Gasteiger partial charge in [-0.3, -0.25) is 4.98 Å². The van der Waals surface area contributed by atoms with Crippen LogP contribution >= 0.6 is 0 Å². The summed E-state index contributed by atoms with van der Waals surface area (Å²) in [5.41, 5.74) is 8.97. The van der Waals surface area contributed by atoms with Crippen LogP contribution in [0.3, 0.4) is 0 Å². The van der Waals surface area contributed by atoms with E-state index < -0.39 is 0 Å². The first-order chi connectivity index (χ1) is 8.75. The molecule has 0 saturated heterocycles. The highest BCUT2D eigenvalue weighted by molar-refractivity contribution is 5.41. The van der Waals surface area contributed by atoms with Crippen LogP contribution in [0.5, 0.6) is 0 Å². The van der Waals surface area contributed by atoms with Crippen molar-refractivity contribution in [3.8, 4) is 0 Å². The van der Waals surface area contributed by atoms with E-state index in [2.05, 4.69) is 41.2 Å². The molecule has 0 aliphatic carbocycles. The lowest BCUT2D eigenvalue weighted by atomic mass is 10.1. The molecule has 3 heteroatoms. The number of pyridine rings is 1. The molecule has 2 N–H and O–H groups in total. The van der Waals surface area contributed by atoms with Crippen LogP contribution in [0.4, 0.5) is 5.69 Å². The Balaban J connectivity index is 1.86. The van der Waals surface area contributed by atoms with E-state index in [1.807, 2.05) is 18.2 Å². The predicted octanol–water partition coefficient (Wildman–Crippen LogP) is 2.34. The molecule has 0 bridgehead atoms. The lowest BCUT2D eigenvalue weighted by Crippen LogP contribution is -2.22. The largest absolute Gasteiger partial charge is 0.397 e. The molecule has 18 heavy (non-hydrogen) atoms. The van der Waals surface area contributed by atoms with Crippen LogP contribution in [0.1, 0.15) is 11.3 Å². The van der Waals surface area contributed by atoms with Gasteiger partial charge in [0.15, 0.2) is 0 Å². The van der Waals surface area contributed by atoms with E-state index in [0.29, 0.717) is 0 Å². The number of likely N-dealkylation sites (N-methyl/N-ethyl adjacent to an activating group) is 1. The Morgan fingerprint density at radius 1 is 1.11 bits per heavy atom. The number of aromatic nitrogens is 1. The van der Waals surface area contributed by atoms with E-state index in [0.717, 1.165) is 30.9 Å². The summed E-state index contributed by atoms with van der Waals surface area (Å²) < 4.78 is 0. The standard InChI is InChI=1S/C15H19N3/c1-18(11-9-13-6-3-2-4-7-13)12-15-14(16)8-5-10-17-15/h2-8,10H,9,11-12,16H2,1H3. The van der Waals surface area contributed by atoms with Crippen molar-refractivity contribution in [2.75, 3.05) is 19.3 Å². The van der Waals surface area contributed by atoms with Crippen molar-refractivity contribution in [1.29, 1.82) is 0 Å². The minimum Gasteiger partial charge on any atom is -0.397 e. The first kappa shape index (κ1) is 12.6. The molecule has 0 radical (unpaired) electrons. The third-order valence-corrected chi connectivity index (χ3v) is 2.97. The Kier molecular flexibility index (Phi) is 4.31. The van der Waals surface area contributed by atoms with Gasteiger partial charge in [-0.15, -0.1) is 0 Å². The van der Waals surface area contributed by atoms with Gasteiger partial charge in [0.05, 0.1) is 11.4 Å². The van der Waals surface area contributed by atoms with Crippen molar-refractivity contribution in [2.24, 2.45) is 0 Å². The molecule has 0 aliphatic heterocycles. The lowest BCUT2D eigenvalue weighted by Gasteiger charge is -2.17. The quantitative estimate of drug-likeness (QED) is 0.873. The molecule has 1 aromatic carbocycles. The second-order valence-corrected chi connectivity index (χ2v) is 4.51. The maximum absolute atomic E-state index is 5.89. The molecule has 1 heterocycles. The van der Waals surface area contributed by atoms with Crippen molar-refractivity contribution in [1.82, 2.24) is 9.88 Å². The normalized spacial score (nSPS) is 10.8. The van der Waals surface area contributed by atoms with E-state index in [4.69, 9.17) is 5.73 Å². The van der Waals surface area contributed by atoms with Crippen molar-refractivity contribution >= 4 is 5.69 Å². The fourth-order valence-electron chi connectivity index (χ4n) is 1.88. The fourth-order valence-corrected chi connectivity index (χ4v) is 1.88. The predicted molar refractivity (Wildman–Crippen MR) is 75.1 cm³/mol. The monoisotopic (exact) mass is 241 g/mol. The molecule has 0 aliphatic rings. The molecule has 2 aromatic rings. The molecule has 0 saturated carbocycles. The van der Waals surface area contributed by atoms with Gasteiger partial charge in [-0.1, -0.05) is 30.3 Å². The molecule has 0 amide bonds. The van der Waals surface area contributed by atoms with E-state index in [9.17, 15) is 0 Å². The van der Waals surface area contributed by atoms with Gasteiger partial charge in [0.2, 0.25) is 0 Å². The zero-order valence-corrected chi connectivity index (χ0v) is 10.7. The van der Waals surface area contributed by atoms with E-state index in [1.54, 1.807) is 6.20 Å². The molecular weight excluding hydrogens is 222 g/mol. The van der Waals surface area contributed by atoms with Gasteiger partial charge in [-0.25, -0.2) is 0 Å². The van der Waals surface area contributed by atoms with Crippen LogP contribution in [0.25, 0.3) is 0 Å². The highest BCUT2D eigenvalue weighted by Crippen LogP contribution is 2.09. The first-order valence-electron chi connectivity index (χ1n) is 6.17. The topological polar surface area (TPSA) is 42.2 Å². The highest BCUT2D eigenvalue weighted by Gasteiger charge is 2.04. The Morgan fingerprint density at radius 3 is 2.61 bits per heavy atom. The molecule has 94 valence electrons. The minimum atomic E-state index is 0.768. The number of hydrogen-bond acceptors (Lipinski definition) is 3. The molecule has 0 spiro atoms. The summed E-state index contributed by atoms with van der Waals surface area (Å²) in [7, 11) is 2.09. The smallest absolute Gasteiger partial charge is 0.0772 e. The molecule has 0 fully saturated rings. The molecule has 0 unspecified atom stereocenters. The van der Waals surface area contributed by atoms with Crippen LogP contribution in [0, 0.1) is 0 Å². The average molecular weight is 241 g/mol. The van der Waals surface area contributed by atoms with Crippen LogP contribution in [-0.4, -0.2) is 23.5 Å². The Bertz CT molecular complexity index is 482. The number of nitrogens with two attached hydrogens (primary N) is 1. The van der Waals surface area contributed by atoms with Gasteiger partial charge in [-0.05, 0) is 31.2 Å². The van der Waals surface area contributed by atoms with Crippen molar-refractivity contribution in [2.45, 2.75) is 13.0 Å². The molecule has 2 rings (SSSR count). The Morgan fingerprint density at radius 2 is 1.89 bits per heavy atom. The SMILES string of the molecule is CN(CCc1ccccc1)Cc1ncccc1N. The van der Waals surface area contributed by atoms with Crippen LogP contribution in [0.2, 0.25) is 0 Å². The van der Waals surface area contributed by atoms with Gasteiger partial charge in [0, 0.05) is 19.3 Å². The number of benzene rings is 1.